The Bertz CT molecular complexity index is 603. The van der Waals surface area contributed by atoms with E-state index in [-0.39, 0.29) is 0 Å². The average molecular weight is 328 g/mol. The maximum atomic E-state index is 12.8. The van der Waals surface area contributed by atoms with Crippen LogP contribution in [0.1, 0.15) is 37.7 Å². The number of rotatable bonds is 2. The second-order valence-electron chi connectivity index (χ2n) is 6.50. The van der Waals surface area contributed by atoms with E-state index in [1.807, 2.05) is 4.90 Å². The van der Waals surface area contributed by atoms with Gasteiger partial charge in [-0.2, -0.15) is 13.2 Å². The van der Waals surface area contributed by atoms with Crippen LogP contribution < -0.4 is 4.90 Å². The quantitative estimate of drug-likeness (QED) is 0.587. The lowest BCUT2D eigenvalue weighted by Crippen LogP contribution is -2.42. The summed E-state index contributed by atoms with van der Waals surface area (Å²) >= 11 is 0. The van der Waals surface area contributed by atoms with Crippen LogP contribution in [-0.2, 0) is 6.18 Å². The van der Waals surface area contributed by atoms with Gasteiger partial charge in [0, 0.05) is 19.2 Å². The van der Waals surface area contributed by atoms with Crippen LogP contribution >= 0.6 is 0 Å². The Balaban J connectivity index is 1.88. The first kappa shape index (κ1) is 16.1. The highest BCUT2D eigenvalue weighted by Crippen LogP contribution is 2.41. The summed E-state index contributed by atoms with van der Waals surface area (Å²) in [7, 11) is 0. The van der Waals surface area contributed by atoms with E-state index in [0.717, 1.165) is 18.9 Å². The van der Waals surface area contributed by atoms with Crippen molar-refractivity contribution in [1.82, 2.24) is 0 Å². The Kier molecular flexibility index (Phi) is 4.21. The summed E-state index contributed by atoms with van der Waals surface area (Å²) in [5, 5.41) is 11.2. The van der Waals surface area contributed by atoms with Crippen molar-refractivity contribution in [2.45, 2.75) is 38.3 Å². The third-order valence-electron chi connectivity index (χ3n) is 5.13. The summed E-state index contributed by atoms with van der Waals surface area (Å²) in [4.78, 5) is 12.4. The molecule has 2 fully saturated rings. The summed E-state index contributed by atoms with van der Waals surface area (Å²) in [5.41, 5.74) is -1.11. The molecule has 1 aromatic rings. The molecule has 23 heavy (non-hydrogen) atoms. The number of hydrogen-bond donors (Lipinski definition) is 0. The minimum absolute atomic E-state index is 0.312. The standard InChI is InChI=1S/C16H19F3N2O2/c17-16(18,19)13-5-6-14(15(9-13)21(22)23)20-8-7-11-3-1-2-4-12(11)10-20/h5-6,9,11-12H,1-4,7-8,10H2/t11-,12-/m1/s1. The monoisotopic (exact) mass is 328 g/mol. The zero-order chi connectivity index (χ0) is 16.6. The van der Waals surface area contributed by atoms with Crippen LogP contribution in [0, 0.1) is 22.0 Å². The highest BCUT2D eigenvalue weighted by molar-refractivity contribution is 5.65. The maximum Gasteiger partial charge on any atom is 0.416 e. The van der Waals surface area contributed by atoms with Gasteiger partial charge in [0.15, 0.2) is 0 Å². The lowest BCUT2D eigenvalue weighted by molar-refractivity contribution is -0.384. The van der Waals surface area contributed by atoms with Crippen LogP contribution in [-0.4, -0.2) is 18.0 Å². The number of hydrogen-bond acceptors (Lipinski definition) is 3. The van der Waals surface area contributed by atoms with Gasteiger partial charge >= 0.3 is 6.18 Å². The van der Waals surface area contributed by atoms with E-state index < -0.39 is 22.4 Å². The molecule has 3 rings (SSSR count). The normalized spacial score (nSPS) is 25.1. The molecule has 2 aliphatic rings. The molecule has 0 unspecified atom stereocenters. The van der Waals surface area contributed by atoms with Crippen molar-refractivity contribution in [3.05, 3.63) is 33.9 Å². The van der Waals surface area contributed by atoms with Gasteiger partial charge in [0.05, 0.1) is 10.5 Å². The predicted octanol–water partition coefficient (Wildman–Crippen LogP) is 4.63. The van der Waals surface area contributed by atoms with Gasteiger partial charge in [0.2, 0.25) is 0 Å². The largest absolute Gasteiger partial charge is 0.416 e. The van der Waals surface area contributed by atoms with E-state index in [1.54, 1.807) is 0 Å². The number of anilines is 1. The van der Waals surface area contributed by atoms with Crippen LogP contribution in [0.4, 0.5) is 24.5 Å². The lowest BCUT2D eigenvalue weighted by Gasteiger charge is -2.42. The van der Waals surface area contributed by atoms with Crippen molar-refractivity contribution >= 4 is 11.4 Å². The number of nitro groups is 1. The molecule has 0 radical (unpaired) electrons. The highest BCUT2D eigenvalue weighted by atomic mass is 19.4. The summed E-state index contributed by atoms with van der Waals surface area (Å²) < 4.78 is 38.4. The summed E-state index contributed by atoms with van der Waals surface area (Å²) in [6, 6.07) is 2.85. The molecule has 2 atom stereocenters. The molecule has 0 amide bonds. The first-order chi connectivity index (χ1) is 10.9. The van der Waals surface area contributed by atoms with E-state index in [4.69, 9.17) is 0 Å². The fourth-order valence-corrected chi connectivity index (χ4v) is 3.93. The number of halogens is 3. The Morgan fingerprint density at radius 1 is 1.13 bits per heavy atom. The molecule has 0 bridgehead atoms. The van der Waals surface area contributed by atoms with Crippen molar-refractivity contribution in [3.8, 4) is 0 Å². The summed E-state index contributed by atoms with van der Waals surface area (Å²) in [6.45, 7) is 1.38. The van der Waals surface area contributed by atoms with Crippen molar-refractivity contribution in [1.29, 1.82) is 0 Å². The zero-order valence-electron chi connectivity index (χ0n) is 12.7. The topological polar surface area (TPSA) is 46.4 Å². The molecular formula is C16H19F3N2O2. The molecule has 0 N–H and O–H groups in total. The van der Waals surface area contributed by atoms with Crippen LogP contribution in [0.15, 0.2) is 18.2 Å². The van der Waals surface area contributed by atoms with Gasteiger partial charge in [0.25, 0.3) is 5.69 Å². The third-order valence-corrected chi connectivity index (χ3v) is 5.13. The highest BCUT2D eigenvalue weighted by Gasteiger charge is 2.36. The Labute approximate surface area is 132 Å². The van der Waals surface area contributed by atoms with Gasteiger partial charge in [0.1, 0.15) is 5.69 Å². The number of piperidine rings is 1. The van der Waals surface area contributed by atoms with Crippen LogP contribution in [0.5, 0.6) is 0 Å². The van der Waals surface area contributed by atoms with Gasteiger partial charge in [-0.1, -0.05) is 19.3 Å². The van der Waals surface area contributed by atoms with Gasteiger partial charge in [-0.25, -0.2) is 0 Å². The van der Waals surface area contributed by atoms with Gasteiger partial charge in [-0.05, 0) is 36.8 Å². The molecule has 1 aliphatic heterocycles. The average Bonchev–Trinajstić information content (AvgIpc) is 2.53. The van der Waals surface area contributed by atoms with Crippen molar-refractivity contribution < 1.29 is 18.1 Å². The van der Waals surface area contributed by atoms with Crippen LogP contribution in [0.25, 0.3) is 0 Å². The number of nitrogens with zero attached hydrogens (tertiary/aromatic N) is 2. The minimum atomic E-state index is -4.57. The second kappa shape index (κ2) is 6.02. The molecule has 1 saturated carbocycles. The van der Waals surface area contributed by atoms with Gasteiger partial charge in [-0.3, -0.25) is 10.1 Å². The molecular weight excluding hydrogens is 309 g/mol. The Morgan fingerprint density at radius 3 is 2.48 bits per heavy atom. The van der Waals surface area contributed by atoms with E-state index in [2.05, 4.69) is 0 Å². The van der Waals surface area contributed by atoms with Gasteiger partial charge < -0.3 is 4.90 Å². The number of nitro benzene ring substituents is 1. The maximum absolute atomic E-state index is 12.8. The van der Waals surface area contributed by atoms with E-state index in [0.29, 0.717) is 36.7 Å². The van der Waals surface area contributed by atoms with Crippen molar-refractivity contribution in [3.63, 3.8) is 0 Å². The molecule has 1 heterocycles. The van der Waals surface area contributed by atoms with Crippen LogP contribution in [0.3, 0.4) is 0 Å². The number of benzene rings is 1. The molecule has 0 spiro atoms. The lowest BCUT2D eigenvalue weighted by atomic mass is 9.75. The predicted molar refractivity (Wildman–Crippen MR) is 80.4 cm³/mol. The first-order valence-corrected chi connectivity index (χ1v) is 7.97. The SMILES string of the molecule is O=[N+]([O-])c1cc(C(F)(F)F)ccc1N1CC[C@H]2CCCC[C@@H]2C1. The molecule has 1 aromatic carbocycles. The van der Waals surface area contributed by atoms with Crippen LogP contribution in [0.2, 0.25) is 0 Å². The zero-order valence-corrected chi connectivity index (χ0v) is 12.7. The van der Waals surface area contributed by atoms with E-state index in [9.17, 15) is 23.3 Å². The number of fused-ring (bicyclic) bond motifs is 1. The van der Waals surface area contributed by atoms with E-state index >= 15 is 0 Å². The smallest absolute Gasteiger partial charge is 0.366 e. The molecule has 7 heteroatoms. The number of alkyl halides is 3. The fourth-order valence-electron chi connectivity index (χ4n) is 3.93. The van der Waals surface area contributed by atoms with Crippen molar-refractivity contribution in [2.75, 3.05) is 18.0 Å². The van der Waals surface area contributed by atoms with Crippen molar-refractivity contribution in [2.24, 2.45) is 11.8 Å². The Hall–Kier alpha value is -1.79. The molecule has 126 valence electrons. The first-order valence-electron chi connectivity index (χ1n) is 7.97. The minimum Gasteiger partial charge on any atom is -0.366 e. The summed E-state index contributed by atoms with van der Waals surface area (Å²) in [6.07, 6.45) is 1.11. The van der Waals surface area contributed by atoms with Gasteiger partial charge in [-0.15, -0.1) is 0 Å². The second-order valence-corrected chi connectivity index (χ2v) is 6.50. The Morgan fingerprint density at radius 2 is 1.83 bits per heavy atom. The summed E-state index contributed by atoms with van der Waals surface area (Å²) in [5.74, 6) is 1.16. The molecule has 4 nitrogen and oxygen atoms in total. The molecule has 1 aliphatic carbocycles. The molecule has 1 saturated heterocycles. The fraction of sp³-hybridized carbons (Fsp3) is 0.625. The third kappa shape index (κ3) is 3.28. The van der Waals surface area contributed by atoms with E-state index in [1.165, 1.54) is 25.3 Å². The molecule has 0 aromatic heterocycles.